The van der Waals surface area contributed by atoms with E-state index < -0.39 is 0 Å². The van der Waals surface area contributed by atoms with E-state index in [1.807, 2.05) is 6.92 Å². The molecule has 0 saturated carbocycles. The lowest BCUT2D eigenvalue weighted by atomic mass is 10.2. The predicted octanol–water partition coefficient (Wildman–Crippen LogP) is 0.948. The van der Waals surface area contributed by atoms with Gasteiger partial charge in [-0.25, -0.2) is 4.98 Å². The maximum atomic E-state index is 11.6. The Balaban J connectivity index is 2.15. The maximum Gasteiger partial charge on any atom is 0.259 e. The van der Waals surface area contributed by atoms with E-state index in [1.54, 1.807) is 6.07 Å². The second-order valence-electron chi connectivity index (χ2n) is 3.37. The van der Waals surface area contributed by atoms with Crippen LogP contribution in [0.5, 0.6) is 0 Å². The number of nitrogens with zero attached hydrogens (tertiary/aromatic N) is 2. The Morgan fingerprint density at radius 2 is 2.31 bits per heavy atom. The van der Waals surface area contributed by atoms with Crippen molar-refractivity contribution in [1.29, 1.82) is 0 Å². The first-order valence-corrected chi connectivity index (χ1v) is 4.69. The highest BCUT2D eigenvalue weighted by atomic mass is 16.1. The molecule has 0 saturated heterocycles. The molecule has 2 aromatic heterocycles. The fraction of sp³-hybridized carbons (Fsp3) is 0.100. The van der Waals surface area contributed by atoms with Crippen molar-refractivity contribution in [2.75, 3.05) is 11.1 Å². The molecule has 0 fully saturated rings. The van der Waals surface area contributed by atoms with Crippen LogP contribution in [0, 0.1) is 6.92 Å². The van der Waals surface area contributed by atoms with Gasteiger partial charge in [0.05, 0.1) is 23.6 Å². The number of carbonyl (C=O) groups excluding carboxylic acids is 1. The minimum Gasteiger partial charge on any atom is -0.397 e. The van der Waals surface area contributed by atoms with Gasteiger partial charge in [0.2, 0.25) is 0 Å². The standard InChI is InChI=1S/C10H11N5O/c1-6-2-9(12-5-8(6)11)15-10(16)7-3-13-14-4-7/h2-5H,11H2,1H3,(H,13,14)(H,12,15,16). The molecular formula is C10H11N5O. The number of aromatic amines is 1. The van der Waals surface area contributed by atoms with Crippen molar-refractivity contribution >= 4 is 17.4 Å². The SMILES string of the molecule is Cc1cc(NC(=O)c2cn[nH]c2)ncc1N. The van der Waals surface area contributed by atoms with E-state index in [-0.39, 0.29) is 5.91 Å². The molecule has 2 heterocycles. The summed E-state index contributed by atoms with van der Waals surface area (Å²) in [4.78, 5) is 15.6. The summed E-state index contributed by atoms with van der Waals surface area (Å²) < 4.78 is 0. The lowest BCUT2D eigenvalue weighted by molar-refractivity contribution is 0.102. The number of nitrogen functional groups attached to an aromatic ring is 1. The van der Waals surface area contributed by atoms with Gasteiger partial charge in [0.15, 0.2) is 0 Å². The molecule has 0 spiro atoms. The Hall–Kier alpha value is -2.37. The number of hydrogen-bond acceptors (Lipinski definition) is 4. The molecule has 0 bridgehead atoms. The number of anilines is 2. The Bertz CT molecular complexity index is 506. The number of H-pyrrole nitrogens is 1. The van der Waals surface area contributed by atoms with Crippen molar-refractivity contribution < 1.29 is 4.79 Å². The van der Waals surface area contributed by atoms with Crippen LogP contribution in [0.2, 0.25) is 0 Å². The van der Waals surface area contributed by atoms with Crippen LogP contribution in [0.25, 0.3) is 0 Å². The minimum absolute atomic E-state index is 0.259. The smallest absolute Gasteiger partial charge is 0.259 e. The third kappa shape index (κ3) is 2.00. The van der Waals surface area contributed by atoms with Gasteiger partial charge in [-0.3, -0.25) is 9.89 Å². The third-order valence-corrected chi connectivity index (χ3v) is 2.15. The van der Waals surface area contributed by atoms with Crippen LogP contribution in [0.4, 0.5) is 11.5 Å². The molecule has 0 aliphatic carbocycles. The fourth-order valence-electron chi connectivity index (χ4n) is 1.20. The van der Waals surface area contributed by atoms with Gasteiger partial charge in [0, 0.05) is 6.20 Å². The van der Waals surface area contributed by atoms with Crippen molar-refractivity contribution in [3.05, 3.63) is 35.8 Å². The summed E-state index contributed by atoms with van der Waals surface area (Å²) in [5.74, 6) is 0.211. The molecule has 82 valence electrons. The number of amides is 1. The predicted molar refractivity (Wildman–Crippen MR) is 59.9 cm³/mol. The molecule has 2 aromatic rings. The van der Waals surface area contributed by atoms with Crippen molar-refractivity contribution in [2.24, 2.45) is 0 Å². The third-order valence-electron chi connectivity index (χ3n) is 2.15. The maximum absolute atomic E-state index is 11.6. The Labute approximate surface area is 91.9 Å². The van der Waals surface area contributed by atoms with Gasteiger partial charge in [-0.05, 0) is 18.6 Å². The van der Waals surface area contributed by atoms with Gasteiger partial charge in [0.1, 0.15) is 5.82 Å². The normalized spacial score (nSPS) is 10.1. The lowest BCUT2D eigenvalue weighted by Gasteiger charge is -2.04. The molecule has 16 heavy (non-hydrogen) atoms. The molecule has 0 unspecified atom stereocenters. The zero-order valence-electron chi connectivity index (χ0n) is 8.69. The van der Waals surface area contributed by atoms with Crippen LogP contribution in [0.3, 0.4) is 0 Å². The number of nitrogens with two attached hydrogens (primary N) is 1. The van der Waals surface area contributed by atoms with Gasteiger partial charge in [-0.1, -0.05) is 0 Å². The summed E-state index contributed by atoms with van der Waals surface area (Å²) in [6, 6.07) is 1.72. The van der Waals surface area contributed by atoms with Crippen LogP contribution in [0.15, 0.2) is 24.7 Å². The van der Waals surface area contributed by atoms with E-state index in [2.05, 4.69) is 20.5 Å². The van der Waals surface area contributed by atoms with Gasteiger partial charge in [-0.2, -0.15) is 5.10 Å². The van der Waals surface area contributed by atoms with Crippen molar-refractivity contribution in [3.63, 3.8) is 0 Å². The average Bonchev–Trinajstić information content (AvgIpc) is 2.77. The summed E-state index contributed by atoms with van der Waals surface area (Å²) in [7, 11) is 0. The number of nitrogens with one attached hydrogen (secondary N) is 2. The number of hydrogen-bond donors (Lipinski definition) is 3. The zero-order valence-corrected chi connectivity index (χ0v) is 8.69. The molecule has 0 radical (unpaired) electrons. The number of carbonyl (C=O) groups is 1. The van der Waals surface area contributed by atoms with E-state index in [9.17, 15) is 4.79 Å². The fourth-order valence-corrected chi connectivity index (χ4v) is 1.20. The van der Waals surface area contributed by atoms with E-state index >= 15 is 0 Å². The van der Waals surface area contributed by atoms with Crippen molar-refractivity contribution in [3.8, 4) is 0 Å². The summed E-state index contributed by atoms with van der Waals surface area (Å²) in [6.45, 7) is 1.85. The number of rotatable bonds is 2. The van der Waals surface area contributed by atoms with Gasteiger partial charge < -0.3 is 11.1 Å². The molecule has 1 amide bonds. The first kappa shape index (κ1) is 10.2. The highest BCUT2D eigenvalue weighted by Crippen LogP contribution is 2.13. The van der Waals surface area contributed by atoms with E-state index in [0.717, 1.165) is 5.56 Å². The van der Waals surface area contributed by atoms with E-state index in [0.29, 0.717) is 17.1 Å². The first-order valence-electron chi connectivity index (χ1n) is 4.69. The second kappa shape index (κ2) is 4.01. The van der Waals surface area contributed by atoms with Gasteiger partial charge in [0.25, 0.3) is 5.91 Å². The Morgan fingerprint density at radius 3 is 2.94 bits per heavy atom. The molecule has 0 atom stereocenters. The van der Waals surface area contributed by atoms with Gasteiger partial charge >= 0.3 is 0 Å². The van der Waals surface area contributed by atoms with Crippen LogP contribution in [-0.2, 0) is 0 Å². The molecule has 0 aliphatic rings. The Kier molecular flexibility index (Phi) is 2.55. The van der Waals surface area contributed by atoms with Crippen LogP contribution >= 0.6 is 0 Å². The summed E-state index contributed by atoms with van der Waals surface area (Å²) in [6.07, 6.45) is 4.47. The molecule has 6 nitrogen and oxygen atoms in total. The summed E-state index contributed by atoms with van der Waals surface area (Å²) in [5, 5.41) is 8.90. The molecule has 0 aliphatic heterocycles. The molecule has 0 aromatic carbocycles. The largest absolute Gasteiger partial charge is 0.397 e. The average molecular weight is 217 g/mol. The monoisotopic (exact) mass is 217 g/mol. The highest BCUT2D eigenvalue weighted by Gasteiger charge is 2.07. The highest BCUT2D eigenvalue weighted by molar-refractivity contribution is 6.03. The quantitative estimate of drug-likeness (QED) is 0.697. The van der Waals surface area contributed by atoms with Crippen LogP contribution in [0.1, 0.15) is 15.9 Å². The minimum atomic E-state index is -0.259. The number of aromatic nitrogens is 3. The summed E-state index contributed by atoms with van der Waals surface area (Å²) in [5.41, 5.74) is 7.55. The summed E-state index contributed by atoms with van der Waals surface area (Å²) >= 11 is 0. The van der Waals surface area contributed by atoms with E-state index in [1.165, 1.54) is 18.6 Å². The topological polar surface area (TPSA) is 96.7 Å². The van der Waals surface area contributed by atoms with Gasteiger partial charge in [-0.15, -0.1) is 0 Å². The molecule has 4 N–H and O–H groups in total. The van der Waals surface area contributed by atoms with Crippen LogP contribution < -0.4 is 11.1 Å². The lowest BCUT2D eigenvalue weighted by Crippen LogP contribution is -2.12. The Morgan fingerprint density at radius 1 is 1.50 bits per heavy atom. The molecule has 2 rings (SSSR count). The molecule has 6 heteroatoms. The van der Waals surface area contributed by atoms with E-state index in [4.69, 9.17) is 5.73 Å². The van der Waals surface area contributed by atoms with Crippen molar-refractivity contribution in [1.82, 2.24) is 15.2 Å². The first-order chi connectivity index (χ1) is 7.66. The second-order valence-corrected chi connectivity index (χ2v) is 3.37. The number of pyridine rings is 1. The van der Waals surface area contributed by atoms with Crippen LogP contribution in [-0.4, -0.2) is 21.1 Å². The van der Waals surface area contributed by atoms with Crippen molar-refractivity contribution in [2.45, 2.75) is 6.92 Å². The zero-order chi connectivity index (χ0) is 11.5. The number of aryl methyl sites for hydroxylation is 1. The molecular weight excluding hydrogens is 206 g/mol.